The Balaban J connectivity index is 0.00000112. The minimum absolute atomic E-state index is 0. The van der Waals surface area contributed by atoms with Crippen molar-refractivity contribution in [1.82, 2.24) is 0 Å². The number of hydrogen-bond acceptors (Lipinski definition) is 1. The van der Waals surface area contributed by atoms with Gasteiger partial charge in [-0.15, -0.1) is 12.4 Å². The van der Waals surface area contributed by atoms with Crippen LogP contribution in [0.3, 0.4) is 0 Å². The molecule has 0 unspecified atom stereocenters. The fourth-order valence-electron chi connectivity index (χ4n) is 1.59. The van der Waals surface area contributed by atoms with E-state index in [1.165, 1.54) is 18.9 Å². The SMILES string of the molecule is Cl.N[C@@H](CC1CC1)c1ccc(F)c(Br)c1. The topological polar surface area (TPSA) is 26.0 Å². The Morgan fingerprint density at radius 2 is 2.13 bits per heavy atom. The zero-order chi connectivity index (χ0) is 10.1. The Morgan fingerprint density at radius 3 is 2.67 bits per heavy atom. The molecule has 2 N–H and O–H groups in total. The van der Waals surface area contributed by atoms with Gasteiger partial charge in [-0.25, -0.2) is 4.39 Å². The van der Waals surface area contributed by atoms with Crippen molar-refractivity contribution < 1.29 is 4.39 Å². The van der Waals surface area contributed by atoms with Crippen molar-refractivity contribution in [1.29, 1.82) is 0 Å². The van der Waals surface area contributed by atoms with Gasteiger partial charge in [0, 0.05) is 6.04 Å². The van der Waals surface area contributed by atoms with Gasteiger partial charge in [-0.05, 0) is 46.0 Å². The zero-order valence-electron chi connectivity index (χ0n) is 8.25. The summed E-state index contributed by atoms with van der Waals surface area (Å²) in [5, 5.41) is 0. The fraction of sp³-hybridized carbons (Fsp3) is 0.455. The highest BCUT2D eigenvalue weighted by Gasteiger charge is 2.24. The van der Waals surface area contributed by atoms with Crippen LogP contribution in [-0.2, 0) is 0 Å². The van der Waals surface area contributed by atoms with Crippen LogP contribution in [0.15, 0.2) is 22.7 Å². The Morgan fingerprint density at radius 1 is 1.47 bits per heavy atom. The lowest BCUT2D eigenvalue weighted by Crippen LogP contribution is -2.11. The zero-order valence-corrected chi connectivity index (χ0v) is 10.7. The molecule has 0 radical (unpaired) electrons. The lowest BCUT2D eigenvalue weighted by Gasteiger charge is -2.11. The fourth-order valence-corrected chi connectivity index (χ4v) is 1.99. The second-order valence-electron chi connectivity index (χ2n) is 3.96. The molecule has 4 heteroatoms. The highest BCUT2D eigenvalue weighted by molar-refractivity contribution is 9.10. The number of benzene rings is 1. The van der Waals surface area contributed by atoms with Crippen LogP contribution in [0.1, 0.15) is 30.9 Å². The van der Waals surface area contributed by atoms with Crippen molar-refractivity contribution in [2.24, 2.45) is 11.7 Å². The molecule has 1 aliphatic rings. The summed E-state index contributed by atoms with van der Waals surface area (Å²) in [4.78, 5) is 0. The van der Waals surface area contributed by atoms with Crippen molar-refractivity contribution in [3.63, 3.8) is 0 Å². The second kappa shape index (κ2) is 5.28. The smallest absolute Gasteiger partial charge is 0.137 e. The van der Waals surface area contributed by atoms with E-state index in [9.17, 15) is 4.39 Å². The summed E-state index contributed by atoms with van der Waals surface area (Å²) in [5.41, 5.74) is 7.03. The van der Waals surface area contributed by atoms with Gasteiger partial charge in [0.05, 0.1) is 4.47 Å². The first-order valence-corrected chi connectivity index (χ1v) is 5.66. The van der Waals surface area contributed by atoms with Crippen LogP contribution >= 0.6 is 28.3 Å². The van der Waals surface area contributed by atoms with Gasteiger partial charge in [-0.1, -0.05) is 18.9 Å². The van der Waals surface area contributed by atoms with Crippen LogP contribution < -0.4 is 5.73 Å². The molecule has 0 saturated heterocycles. The highest BCUT2D eigenvalue weighted by atomic mass is 79.9. The molecular formula is C11H14BrClFN. The summed E-state index contributed by atoms with van der Waals surface area (Å²) >= 11 is 3.17. The van der Waals surface area contributed by atoms with E-state index in [1.807, 2.05) is 0 Å². The van der Waals surface area contributed by atoms with Crippen LogP contribution in [0.2, 0.25) is 0 Å². The Kier molecular flexibility index (Phi) is 4.56. The first-order chi connectivity index (χ1) is 6.66. The van der Waals surface area contributed by atoms with E-state index >= 15 is 0 Å². The van der Waals surface area contributed by atoms with E-state index in [0.717, 1.165) is 17.9 Å². The van der Waals surface area contributed by atoms with Crippen molar-refractivity contribution in [3.05, 3.63) is 34.1 Å². The molecule has 0 spiro atoms. The Bertz CT molecular complexity index is 341. The van der Waals surface area contributed by atoms with Crippen LogP contribution in [0.4, 0.5) is 4.39 Å². The van der Waals surface area contributed by atoms with Crippen LogP contribution in [0.5, 0.6) is 0 Å². The summed E-state index contributed by atoms with van der Waals surface area (Å²) < 4.78 is 13.5. The average molecular weight is 295 g/mol. The standard InChI is InChI=1S/C11H13BrFN.ClH/c12-9-6-8(3-4-10(9)13)11(14)5-7-1-2-7;/h3-4,6-7,11H,1-2,5,14H2;1H/t11-;/m0./s1. The number of halogens is 3. The monoisotopic (exact) mass is 293 g/mol. The van der Waals surface area contributed by atoms with Crippen molar-refractivity contribution in [2.45, 2.75) is 25.3 Å². The maximum absolute atomic E-state index is 12.9. The molecule has 0 amide bonds. The third-order valence-corrected chi connectivity index (χ3v) is 3.26. The largest absolute Gasteiger partial charge is 0.324 e. The molecule has 2 rings (SSSR count). The number of nitrogens with two attached hydrogens (primary N) is 1. The van der Waals surface area contributed by atoms with Crippen molar-refractivity contribution in [3.8, 4) is 0 Å². The predicted molar refractivity (Wildman–Crippen MR) is 65.6 cm³/mol. The minimum atomic E-state index is -0.229. The van der Waals surface area contributed by atoms with Gasteiger partial charge in [0.15, 0.2) is 0 Å². The van der Waals surface area contributed by atoms with Gasteiger partial charge < -0.3 is 5.73 Å². The first kappa shape index (κ1) is 12.9. The Hall–Kier alpha value is -0.120. The van der Waals surface area contributed by atoms with Gasteiger partial charge in [0.1, 0.15) is 5.82 Å². The highest BCUT2D eigenvalue weighted by Crippen LogP contribution is 2.37. The van der Waals surface area contributed by atoms with Crippen LogP contribution in [0, 0.1) is 11.7 Å². The molecule has 1 fully saturated rings. The molecule has 1 nitrogen and oxygen atoms in total. The van der Waals surface area contributed by atoms with Gasteiger partial charge in [0.25, 0.3) is 0 Å². The molecule has 0 aliphatic heterocycles. The molecule has 0 heterocycles. The summed E-state index contributed by atoms with van der Waals surface area (Å²) in [6.45, 7) is 0. The van der Waals surface area contributed by atoms with Crippen LogP contribution in [0.25, 0.3) is 0 Å². The maximum Gasteiger partial charge on any atom is 0.137 e. The van der Waals surface area contributed by atoms with Gasteiger partial charge >= 0.3 is 0 Å². The molecule has 15 heavy (non-hydrogen) atoms. The van der Waals surface area contributed by atoms with Gasteiger partial charge in [-0.2, -0.15) is 0 Å². The van der Waals surface area contributed by atoms with E-state index < -0.39 is 0 Å². The Labute approximate surface area is 104 Å². The third-order valence-electron chi connectivity index (χ3n) is 2.66. The molecule has 0 aromatic heterocycles. The maximum atomic E-state index is 12.9. The molecule has 84 valence electrons. The van der Waals surface area contributed by atoms with E-state index in [1.54, 1.807) is 12.1 Å². The number of hydrogen-bond donors (Lipinski definition) is 1. The third kappa shape index (κ3) is 3.44. The lowest BCUT2D eigenvalue weighted by molar-refractivity contribution is 0.589. The lowest BCUT2D eigenvalue weighted by atomic mass is 10.0. The first-order valence-electron chi connectivity index (χ1n) is 4.87. The van der Waals surface area contributed by atoms with E-state index in [2.05, 4.69) is 15.9 Å². The molecule has 1 saturated carbocycles. The molecule has 1 aliphatic carbocycles. The van der Waals surface area contributed by atoms with Gasteiger partial charge in [0.2, 0.25) is 0 Å². The van der Waals surface area contributed by atoms with E-state index in [0.29, 0.717) is 4.47 Å². The van der Waals surface area contributed by atoms with Crippen molar-refractivity contribution >= 4 is 28.3 Å². The molecule has 1 aromatic rings. The molecule has 0 bridgehead atoms. The summed E-state index contributed by atoms with van der Waals surface area (Å²) in [6.07, 6.45) is 3.63. The van der Waals surface area contributed by atoms with E-state index in [4.69, 9.17) is 5.73 Å². The van der Waals surface area contributed by atoms with Crippen molar-refractivity contribution in [2.75, 3.05) is 0 Å². The minimum Gasteiger partial charge on any atom is -0.324 e. The van der Waals surface area contributed by atoms with E-state index in [-0.39, 0.29) is 24.3 Å². The predicted octanol–water partition coefficient (Wildman–Crippen LogP) is 3.81. The second-order valence-corrected chi connectivity index (χ2v) is 4.81. The quantitative estimate of drug-likeness (QED) is 0.901. The van der Waals surface area contributed by atoms with Crippen LogP contribution in [-0.4, -0.2) is 0 Å². The average Bonchev–Trinajstić information content (AvgIpc) is 2.93. The normalized spacial score (nSPS) is 17.0. The summed E-state index contributed by atoms with van der Waals surface area (Å²) in [6, 6.07) is 5.07. The number of rotatable bonds is 3. The molecule has 1 aromatic carbocycles. The summed E-state index contributed by atoms with van der Waals surface area (Å²) in [7, 11) is 0. The molecular weight excluding hydrogens is 280 g/mol. The van der Waals surface area contributed by atoms with Gasteiger partial charge in [-0.3, -0.25) is 0 Å². The molecule has 1 atom stereocenters. The summed E-state index contributed by atoms with van der Waals surface area (Å²) in [5.74, 6) is 0.571.